The van der Waals surface area contributed by atoms with E-state index in [4.69, 9.17) is 9.15 Å². The van der Waals surface area contributed by atoms with Crippen LogP contribution in [0.1, 0.15) is 41.6 Å². The largest absolute Gasteiger partial charge is 0.457 e. The summed E-state index contributed by atoms with van der Waals surface area (Å²) in [5.74, 6) is 0.222. The van der Waals surface area contributed by atoms with Crippen molar-refractivity contribution < 1.29 is 13.9 Å². The SMILES string of the molecule is Cc1ccccc1-n1nc(C(C)C)cc1OC(=O)c1ccco1. The smallest absolute Gasteiger partial charge is 0.380 e. The summed E-state index contributed by atoms with van der Waals surface area (Å²) >= 11 is 0. The molecule has 3 rings (SSSR count). The molecule has 5 nitrogen and oxygen atoms in total. The normalized spacial score (nSPS) is 11.0. The first-order valence-electron chi connectivity index (χ1n) is 7.48. The summed E-state index contributed by atoms with van der Waals surface area (Å²) in [5, 5.41) is 4.58. The highest BCUT2D eigenvalue weighted by Crippen LogP contribution is 2.26. The molecule has 0 aliphatic heterocycles. The van der Waals surface area contributed by atoms with Crippen LogP contribution in [0.15, 0.2) is 53.1 Å². The third kappa shape index (κ3) is 3.04. The average molecular weight is 310 g/mol. The van der Waals surface area contributed by atoms with Gasteiger partial charge in [-0.15, -0.1) is 0 Å². The third-order valence-corrected chi connectivity index (χ3v) is 3.55. The number of furan rings is 1. The van der Waals surface area contributed by atoms with E-state index in [0.29, 0.717) is 5.88 Å². The van der Waals surface area contributed by atoms with Gasteiger partial charge in [0.15, 0.2) is 0 Å². The minimum atomic E-state index is -0.542. The average Bonchev–Trinajstić information content (AvgIpc) is 3.17. The van der Waals surface area contributed by atoms with Crippen LogP contribution in [-0.2, 0) is 0 Å². The quantitative estimate of drug-likeness (QED) is 0.680. The number of hydrogen-bond acceptors (Lipinski definition) is 4. The van der Waals surface area contributed by atoms with Gasteiger partial charge in [0.2, 0.25) is 11.6 Å². The molecule has 0 bridgehead atoms. The Labute approximate surface area is 134 Å². The molecule has 0 saturated carbocycles. The number of aromatic nitrogens is 2. The zero-order chi connectivity index (χ0) is 16.4. The van der Waals surface area contributed by atoms with E-state index in [2.05, 4.69) is 5.10 Å². The van der Waals surface area contributed by atoms with Crippen LogP contribution in [0.4, 0.5) is 0 Å². The molecule has 5 heteroatoms. The van der Waals surface area contributed by atoms with Crippen molar-refractivity contribution in [1.82, 2.24) is 9.78 Å². The second kappa shape index (κ2) is 6.12. The van der Waals surface area contributed by atoms with Gasteiger partial charge in [0, 0.05) is 6.07 Å². The van der Waals surface area contributed by atoms with Crippen LogP contribution in [0.5, 0.6) is 5.88 Å². The van der Waals surface area contributed by atoms with Crippen LogP contribution in [-0.4, -0.2) is 15.7 Å². The number of benzene rings is 1. The van der Waals surface area contributed by atoms with Gasteiger partial charge in [0.1, 0.15) is 0 Å². The van der Waals surface area contributed by atoms with Crippen molar-refractivity contribution >= 4 is 5.97 Å². The Kier molecular flexibility index (Phi) is 4.02. The zero-order valence-corrected chi connectivity index (χ0v) is 13.3. The predicted molar refractivity (Wildman–Crippen MR) is 86.1 cm³/mol. The second-order valence-corrected chi connectivity index (χ2v) is 5.63. The van der Waals surface area contributed by atoms with Crippen LogP contribution >= 0.6 is 0 Å². The number of carbonyl (C=O) groups is 1. The fraction of sp³-hybridized carbons (Fsp3) is 0.222. The molecule has 0 spiro atoms. The summed E-state index contributed by atoms with van der Waals surface area (Å²) in [5.41, 5.74) is 2.78. The molecule has 2 heterocycles. The number of para-hydroxylation sites is 1. The lowest BCUT2D eigenvalue weighted by Gasteiger charge is -2.09. The van der Waals surface area contributed by atoms with Gasteiger partial charge < -0.3 is 9.15 Å². The van der Waals surface area contributed by atoms with Gasteiger partial charge in [-0.2, -0.15) is 5.10 Å². The van der Waals surface area contributed by atoms with E-state index in [9.17, 15) is 4.79 Å². The Morgan fingerprint density at radius 2 is 2.00 bits per heavy atom. The first-order chi connectivity index (χ1) is 11.1. The summed E-state index contributed by atoms with van der Waals surface area (Å²) < 4.78 is 12.2. The first-order valence-corrected chi connectivity index (χ1v) is 7.48. The van der Waals surface area contributed by atoms with Gasteiger partial charge in [-0.1, -0.05) is 32.0 Å². The lowest BCUT2D eigenvalue weighted by atomic mass is 10.1. The van der Waals surface area contributed by atoms with Crippen molar-refractivity contribution in [1.29, 1.82) is 0 Å². The maximum Gasteiger partial charge on any atom is 0.380 e. The lowest BCUT2D eigenvalue weighted by molar-refractivity contribution is 0.0689. The Balaban J connectivity index is 2.02. The van der Waals surface area contributed by atoms with Gasteiger partial charge in [-0.05, 0) is 36.6 Å². The monoisotopic (exact) mass is 310 g/mol. The van der Waals surface area contributed by atoms with E-state index in [1.54, 1.807) is 22.9 Å². The number of esters is 1. The molecule has 0 amide bonds. The highest BCUT2D eigenvalue weighted by Gasteiger charge is 2.19. The molecule has 0 fully saturated rings. The highest BCUT2D eigenvalue weighted by atomic mass is 16.6. The predicted octanol–water partition coefficient (Wildman–Crippen LogP) is 4.12. The van der Waals surface area contributed by atoms with Crippen LogP contribution in [0.3, 0.4) is 0 Å². The number of hydrogen-bond donors (Lipinski definition) is 0. The number of carbonyl (C=O) groups excluding carboxylic acids is 1. The molecule has 0 N–H and O–H groups in total. The van der Waals surface area contributed by atoms with Crippen LogP contribution in [0, 0.1) is 6.92 Å². The molecule has 1 aromatic carbocycles. The molecule has 0 atom stereocenters. The van der Waals surface area contributed by atoms with E-state index in [1.165, 1.54) is 6.26 Å². The summed E-state index contributed by atoms with van der Waals surface area (Å²) in [6.45, 7) is 6.08. The molecule has 0 aliphatic rings. The Bertz CT molecular complexity index is 817. The standard InChI is InChI=1S/C18H18N2O3/c1-12(2)14-11-17(23-18(21)16-9-6-10-22-16)20(19-14)15-8-5-4-7-13(15)3/h4-12H,1-3H3. The number of rotatable bonds is 4. The minimum absolute atomic E-state index is 0.161. The molecule has 3 aromatic rings. The second-order valence-electron chi connectivity index (χ2n) is 5.63. The maximum absolute atomic E-state index is 12.2. The first kappa shape index (κ1) is 15.1. The Morgan fingerprint density at radius 1 is 1.22 bits per heavy atom. The fourth-order valence-corrected chi connectivity index (χ4v) is 2.25. The van der Waals surface area contributed by atoms with Crippen LogP contribution in [0.25, 0.3) is 5.69 Å². The lowest BCUT2D eigenvalue weighted by Crippen LogP contribution is -2.11. The van der Waals surface area contributed by atoms with Gasteiger partial charge in [-0.3, -0.25) is 0 Å². The Hall–Kier alpha value is -2.82. The van der Waals surface area contributed by atoms with Crippen molar-refractivity contribution in [3.8, 4) is 11.6 Å². The molecular formula is C18H18N2O3. The summed E-state index contributed by atoms with van der Waals surface area (Å²) in [6.07, 6.45) is 1.44. The minimum Gasteiger partial charge on any atom is -0.457 e. The fourth-order valence-electron chi connectivity index (χ4n) is 2.25. The zero-order valence-electron chi connectivity index (χ0n) is 13.3. The third-order valence-electron chi connectivity index (χ3n) is 3.55. The topological polar surface area (TPSA) is 57.3 Å². The molecule has 0 unspecified atom stereocenters. The van der Waals surface area contributed by atoms with Crippen molar-refractivity contribution in [3.05, 3.63) is 65.7 Å². The molecule has 0 aliphatic carbocycles. The number of nitrogens with zero attached hydrogens (tertiary/aromatic N) is 2. The van der Waals surface area contributed by atoms with E-state index < -0.39 is 5.97 Å². The molecule has 0 saturated heterocycles. The van der Waals surface area contributed by atoms with Crippen molar-refractivity contribution in [3.63, 3.8) is 0 Å². The van der Waals surface area contributed by atoms with Gasteiger partial charge in [-0.25, -0.2) is 9.48 Å². The van der Waals surface area contributed by atoms with E-state index in [0.717, 1.165) is 16.9 Å². The molecular weight excluding hydrogens is 292 g/mol. The van der Waals surface area contributed by atoms with Crippen molar-refractivity contribution in [2.24, 2.45) is 0 Å². The van der Waals surface area contributed by atoms with Gasteiger partial charge >= 0.3 is 5.97 Å². The summed E-state index contributed by atoms with van der Waals surface area (Å²) in [6, 6.07) is 12.8. The summed E-state index contributed by atoms with van der Waals surface area (Å²) in [7, 11) is 0. The van der Waals surface area contributed by atoms with Gasteiger partial charge in [0.25, 0.3) is 0 Å². The molecule has 2 aromatic heterocycles. The summed E-state index contributed by atoms with van der Waals surface area (Å²) in [4.78, 5) is 12.2. The van der Waals surface area contributed by atoms with E-state index in [1.807, 2.05) is 45.0 Å². The Morgan fingerprint density at radius 3 is 2.65 bits per heavy atom. The number of ether oxygens (including phenoxy) is 1. The maximum atomic E-state index is 12.2. The van der Waals surface area contributed by atoms with E-state index in [-0.39, 0.29) is 11.7 Å². The molecule has 118 valence electrons. The van der Waals surface area contributed by atoms with Crippen molar-refractivity contribution in [2.75, 3.05) is 0 Å². The van der Waals surface area contributed by atoms with Crippen molar-refractivity contribution in [2.45, 2.75) is 26.7 Å². The number of aryl methyl sites for hydroxylation is 1. The van der Waals surface area contributed by atoms with Crippen LogP contribution in [0.2, 0.25) is 0 Å². The molecule has 0 radical (unpaired) electrons. The highest BCUT2D eigenvalue weighted by molar-refractivity contribution is 5.87. The van der Waals surface area contributed by atoms with E-state index >= 15 is 0 Å². The van der Waals surface area contributed by atoms with Gasteiger partial charge in [0.05, 0.1) is 17.6 Å². The van der Waals surface area contributed by atoms with Crippen LogP contribution < -0.4 is 4.74 Å². The molecule has 23 heavy (non-hydrogen) atoms.